The number of piperazine rings is 1. The van der Waals surface area contributed by atoms with Gasteiger partial charge in [0.05, 0.1) is 0 Å². The monoisotopic (exact) mass is 407 g/mol. The summed E-state index contributed by atoms with van der Waals surface area (Å²) in [5.41, 5.74) is 9.87. The Balaban J connectivity index is 1.26. The lowest BCUT2D eigenvalue weighted by molar-refractivity contribution is -0.0301. The van der Waals surface area contributed by atoms with E-state index in [4.69, 9.17) is 0 Å². The van der Waals surface area contributed by atoms with Crippen molar-refractivity contribution in [3.8, 4) is 0 Å². The Labute approximate surface area is 176 Å². The lowest BCUT2D eigenvalue weighted by atomic mass is 9.84. The van der Waals surface area contributed by atoms with Gasteiger partial charge in [-0.1, -0.05) is 46.0 Å². The van der Waals surface area contributed by atoms with Crippen LogP contribution in [-0.4, -0.2) is 65.4 Å². The molecule has 2 aliphatic heterocycles. The fourth-order valence-electron chi connectivity index (χ4n) is 5.74. The number of hydrogen-bond acceptors (Lipinski definition) is 6. The summed E-state index contributed by atoms with van der Waals surface area (Å²) >= 11 is 0. The van der Waals surface area contributed by atoms with E-state index in [0.717, 1.165) is 50.9 Å². The van der Waals surface area contributed by atoms with Crippen molar-refractivity contribution in [2.45, 2.75) is 90.0 Å². The largest absolute Gasteiger partial charge is 0.335 e. The molecule has 2 amide bonds. The van der Waals surface area contributed by atoms with Gasteiger partial charge >= 0.3 is 6.03 Å². The fraction of sp³-hybridized carbons (Fsp3) is 0.952. The van der Waals surface area contributed by atoms with Crippen molar-refractivity contribution in [1.82, 2.24) is 36.6 Å². The highest BCUT2D eigenvalue weighted by molar-refractivity contribution is 5.74. The van der Waals surface area contributed by atoms with Crippen molar-refractivity contribution in [3.05, 3.63) is 0 Å². The maximum absolute atomic E-state index is 12.7. The van der Waals surface area contributed by atoms with Crippen LogP contribution in [-0.2, 0) is 0 Å². The van der Waals surface area contributed by atoms with Gasteiger partial charge < -0.3 is 10.2 Å². The highest BCUT2D eigenvalue weighted by atomic mass is 16.2. The van der Waals surface area contributed by atoms with Gasteiger partial charge in [0.2, 0.25) is 0 Å². The zero-order valence-corrected chi connectivity index (χ0v) is 18.3. The smallest absolute Gasteiger partial charge is 0.317 e. The Morgan fingerprint density at radius 1 is 1.03 bits per heavy atom. The van der Waals surface area contributed by atoms with Gasteiger partial charge in [0.25, 0.3) is 0 Å². The van der Waals surface area contributed by atoms with Crippen LogP contribution in [0.1, 0.15) is 71.6 Å². The highest BCUT2D eigenvalue weighted by Crippen LogP contribution is 2.30. The molecule has 2 saturated carbocycles. The lowest BCUT2D eigenvalue weighted by Gasteiger charge is -2.43. The van der Waals surface area contributed by atoms with Gasteiger partial charge in [-0.15, -0.1) is 0 Å². The maximum atomic E-state index is 12.7. The second-order valence-corrected chi connectivity index (χ2v) is 9.70. The predicted molar refractivity (Wildman–Crippen MR) is 114 cm³/mol. The molecule has 0 radical (unpaired) electrons. The summed E-state index contributed by atoms with van der Waals surface area (Å²) in [5, 5.41) is 5.67. The van der Waals surface area contributed by atoms with E-state index in [0.29, 0.717) is 12.1 Å². The Hall–Kier alpha value is -0.930. The molecule has 2 saturated heterocycles. The van der Waals surface area contributed by atoms with Crippen LogP contribution in [0, 0.1) is 11.8 Å². The van der Waals surface area contributed by atoms with Crippen LogP contribution in [0.2, 0.25) is 0 Å². The van der Waals surface area contributed by atoms with Gasteiger partial charge in [-0.05, 0) is 37.5 Å². The molecule has 166 valence electrons. The SMILES string of the molecule is CCC1CCCC(N2NNNC2N2CCN(C(=O)NC3CCCC(C)C3)CC2)C1. The number of rotatable bonds is 4. The fourth-order valence-corrected chi connectivity index (χ4v) is 5.74. The van der Waals surface area contributed by atoms with Crippen molar-refractivity contribution in [1.29, 1.82) is 0 Å². The predicted octanol–water partition coefficient (Wildman–Crippen LogP) is 1.97. The zero-order chi connectivity index (χ0) is 20.2. The van der Waals surface area contributed by atoms with E-state index >= 15 is 0 Å². The molecule has 0 aromatic rings. The maximum Gasteiger partial charge on any atom is 0.317 e. The van der Waals surface area contributed by atoms with Crippen LogP contribution in [0.3, 0.4) is 0 Å². The molecule has 2 aliphatic carbocycles. The summed E-state index contributed by atoms with van der Waals surface area (Å²) in [4.78, 5) is 17.2. The van der Waals surface area contributed by atoms with Gasteiger partial charge in [0, 0.05) is 38.3 Å². The van der Waals surface area contributed by atoms with E-state index in [2.05, 4.69) is 45.6 Å². The van der Waals surface area contributed by atoms with Crippen molar-refractivity contribution >= 4 is 6.03 Å². The molecule has 0 aromatic heterocycles. The molecule has 4 rings (SSSR count). The number of carbonyl (C=O) groups is 1. The topological polar surface area (TPSA) is 74.9 Å². The molecule has 5 atom stereocenters. The third-order valence-corrected chi connectivity index (χ3v) is 7.59. The Kier molecular flexibility index (Phi) is 7.29. The molecule has 5 unspecified atom stereocenters. The van der Waals surface area contributed by atoms with Gasteiger partial charge in [-0.25, -0.2) is 10.2 Å². The third kappa shape index (κ3) is 5.22. The van der Waals surface area contributed by atoms with E-state index in [9.17, 15) is 4.79 Å². The second-order valence-electron chi connectivity index (χ2n) is 9.70. The molecule has 0 aromatic carbocycles. The number of hydrazine groups is 3. The van der Waals surface area contributed by atoms with E-state index in [1.54, 1.807) is 0 Å². The minimum absolute atomic E-state index is 0.134. The lowest BCUT2D eigenvalue weighted by Crippen LogP contribution is -2.62. The van der Waals surface area contributed by atoms with Crippen LogP contribution in [0.5, 0.6) is 0 Å². The quantitative estimate of drug-likeness (QED) is 0.571. The number of amides is 2. The first-order chi connectivity index (χ1) is 14.1. The molecule has 8 nitrogen and oxygen atoms in total. The molecule has 8 heteroatoms. The van der Waals surface area contributed by atoms with Crippen LogP contribution in [0.4, 0.5) is 4.79 Å². The summed E-state index contributed by atoms with van der Waals surface area (Å²) < 4.78 is 0. The van der Waals surface area contributed by atoms with Gasteiger partial charge in [-0.2, -0.15) is 16.1 Å². The average Bonchev–Trinajstić information content (AvgIpc) is 3.24. The summed E-state index contributed by atoms with van der Waals surface area (Å²) in [6.07, 6.45) is 11.5. The molecular formula is C21H41N7O. The standard InChI is InChI=1S/C21H41N7O/c1-3-17-7-5-9-19(15-17)28-20(23-24-25-28)26-10-12-27(13-11-26)21(29)22-18-8-4-6-16(2)14-18/h16-20,23-25H,3-15H2,1-2H3,(H,22,29). The van der Waals surface area contributed by atoms with Gasteiger partial charge in [0.1, 0.15) is 6.29 Å². The van der Waals surface area contributed by atoms with Crippen molar-refractivity contribution in [2.75, 3.05) is 26.2 Å². The van der Waals surface area contributed by atoms with Gasteiger partial charge in [-0.3, -0.25) is 4.90 Å². The van der Waals surface area contributed by atoms with Crippen molar-refractivity contribution in [2.24, 2.45) is 11.8 Å². The summed E-state index contributed by atoms with van der Waals surface area (Å²) in [7, 11) is 0. The second kappa shape index (κ2) is 9.92. The number of hydrogen-bond donors (Lipinski definition) is 4. The molecule has 2 heterocycles. The van der Waals surface area contributed by atoms with Crippen LogP contribution < -0.4 is 21.8 Å². The Morgan fingerprint density at radius 3 is 2.59 bits per heavy atom. The van der Waals surface area contributed by atoms with Crippen LogP contribution in [0.25, 0.3) is 0 Å². The minimum atomic E-state index is 0.134. The van der Waals surface area contributed by atoms with Crippen LogP contribution in [0.15, 0.2) is 0 Å². The molecule has 29 heavy (non-hydrogen) atoms. The van der Waals surface area contributed by atoms with E-state index in [-0.39, 0.29) is 12.3 Å². The molecule has 0 spiro atoms. The first-order valence-corrected chi connectivity index (χ1v) is 12.0. The Morgan fingerprint density at radius 2 is 1.83 bits per heavy atom. The molecule has 4 N–H and O–H groups in total. The van der Waals surface area contributed by atoms with Crippen LogP contribution >= 0.6 is 0 Å². The summed E-state index contributed by atoms with van der Waals surface area (Å²) in [6.45, 7) is 8.00. The summed E-state index contributed by atoms with van der Waals surface area (Å²) in [5.74, 6) is 1.58. The molecular weight excluding hydrogens is 366 g/mol. The zero-order valence-electron chi connectivity index (χ0n) is 18.3. The molecule has 4 aliphatic rings. The Bertz CT molecular complexity index is 539. The highest BCUT2D eigenvalue weighted by Gasteiger charge is 2.38. The average molecular weight is 408 g/mol. The van der Waals surface area contributed by atoms with E-state index < -0.39 is 0 Å². The minimum Gasteiger partial charge on any atom is -0.335 e. The van der Waals surface area contributed by atoms with Crippen molar-refractivity contribution in [3.63, 3.8) is 0 Å². The van der Waals surface area contributed by atoms with E-state index in [1.807, 2.05) is 4.90 Å². The third-order valence-electron chi connectivity index (χ3n) is 7.59. The van der Waals surface area contributed by atoms with Crippen molar-refractivity contribution < 1.29 is 4.79 Å². The number of carbonyl (C=O) groups excluding carboxylic acids is 1. The first kappa shape index (κ1) is 21.3. The normalized spacial score (nSPS) is 37.6. The number of nitrogens with zero attached hydrogens (tertiary/aromatic N) is 3. The molecule has 0 bridgehead atoms. The van der Waals surface area contributed by atoms with Gasteiger partial charge in [0.15, 0.2) is 0 Å². The molecule has 4 fully saturated rings. The number of urea groups is 1. The summed E-state index contributed by atoms with van der Waals surface area (Å²) in [6, 6.07) is 1.06. The number of nitrogens with one attached hydrogen (secondary N) is 4. The van der Waals surface area contributed by atoms with E-state index in [1.165, 1.54) is 44.9 Å². The first-order valence-electron chi connectivity index (χ1n) is 12.0.